The van der Waals surface area contributed by atoms with Crippen LogP contribution in [-0.2, 0) is 0 Å². The molecule has 1 unspecified atom stereocenters. The Morgan fingerprint density at radius 2 is 2.16 bits per heavy atom. The van der Waals surface area contributed by atoms with Gasteiger partial charge >= 0.3 is 6.01 Å². The van der Waals surface area contributed by atoms with Crippen molar-refractivity contribution in [1.29, 1.82) is 0 Å². The molecule has 0 radical (unpaired) electrons. The first-order valence-electron chi connectivity index (χ1n) is 6.70. The molecule has 1 saturated heterocycles. The van der Waals surface area contributed by atoms with Crippen molar-refractivity contribution in [3.05, 3.63) is 0 Å². The molecule has 1 aromatic heterocycles. The lowest BCUT2D eigenvalue weighted by Crippen LogP contribution is -2.16. The number of anilines is 2. The summed E-state index contributed by atoms with van der Waals surface area (Å²) in [6.45, 7) is 3.58. The smallest absolute Gasteiger partial charge is 0.323 e. The van der Waals surface area contributed by atoms with Crippen molar-refractivity contribution in [2.45, 2.75) is 19.8 Å². The Hall–Kier alpha value is -1.24. The van der Waals surface area contributed by atoms with Gasteiger partial charge in [0.15, 0.2) is 0 Å². The maximum Gasteiger partial charge on any atom is 0.323 e. The van der Waals surface area contributed by atoms with Crippen molar-refractivity contribution in [2.75, 3.05) is 42.3 Å². The van der Waals surface area contributed by atoms with Crippen molar-refractivity contribution in [3.63, 3.8) is 0 Å². The van der Waals surface area contributed by atoms with Crippen LogP contribution < -0.4 is 15.4 Å². The third-order valence-corrected chi connectivity index (χ3v) is 4.08. The number of rotatable bonds is 7. The highest BCUT2D eigenvalue weighted by Crippen LogP contribution is 2.23. The molecule has 1 aromatic rings. The molecule has 0 amide bonds. The van der Waals surface area contributed by atoms with E-state index in [0.29, 0.717) is 30.4 Å². The fourth-order valence-corrected chi connectivity index (χ4v) is 3.07. The standard InChI is InChI=1S/C12H21N5OS/c1-3-5-18-12-16-10(13-2)15-11(17-12)14-7-9-4-6-19-8-9/h9H,3-8H2,1-2H3,(H2,13,14,15,16,17). The number of thioether (sulfide) groups is 1. The number of hydrogen-bond donors (Lipinski definition) is 2. The van der Waals surface area contributed by atoms with Crippen LogP contribution in [-0.4, -0.2) is 46.7 Å². The van der Waals surface area contributed by atoms with Gasteiger partial charge in [0.1, 0.15) is 0 Å². The molecule has 1 aliphatic heterocycles. The van der Waals surface area contributed by atoms with Gasteiger partial charge in [-0.1, -0.05) is 6.92 Å². The summed E-state index contributed by atoms with van der Waals surface area (Å²) in [6, 6.07) is 0.379. The predicted octanol–water partition coefficient (Wildman–Crippen LogP) is 1.87. The highest BCUT2D eigenvalue weighted by molar-refractivity contribution is 7.99. The molecule has 0 aliphatic carbocycles. The first-order chi connectivity index (χ1) is 9.31. The second kappa shape index (κ2) is 7.37. The number of hydrogen-bond acceptors (Lipinski definition) is 7. The lowest BCUT2D eigenvalue weighted by Gasteiger charge is -2.11. The highest BCUT2D eigenvalue weighted by Gasteiger charge is 2.16. The SMILES string of the molecule is CCCOc1nc(NC)nc(NCC2CCSC2)n1. The van der Waals surface area contributed by atoms with E-state index in [1.807, 2.05) is 11.8 Å². The van der Waals surface area contributed by atoms with Gasteiger partial charge in [0.2, 0.25) is 11.9 Å². The van der Waals surface area contributed by atoms with Gasteiger partial charge in [-0.15, -0.1) is 0 Å². The molecule has 7 heteroatoms. The Kier molecular flexibility index (Phi) is 5.50. The Bertz CT molecular complexity index is 398. The third kappa shape index (κ3) is 4.41. The maximum atomic E-state index is 5.46. The van der Waals surface area contributed by atoms with Gasteiger partial charge in [0.05, 0.1) is 6.61 Å². The van der Waals surface area contributed by atoms with Crippen LogP contribution in [0.15, 0.2) is 0 Å². The van der Waals surface area contributed by atoms with E-state index in [2.05, 4.69) is 32.5 Å². The molecule has 2 heterocycles. The van der Waals surface area contributed by atoms with Crippen LogP contribution in [0.4, 0.5) is 11.9 Å². The van der Waals surface area contributed by atoms with Gasteiger partial charge in [0, 0.05) is 13.6 Å². The van der Waals surface area contributed by atoms with E-state index in [-0.39, 0.29) is 0 Å². The normalized spacial score (nSPS) is 18.3. The Balaban J connectivity index is 1.96. The minimum atomic E-state index is 0.379. The van der Waals surface area contributed by atoms with E-state index in [0.717, 1.165) is 13.0 Å². The highest BCUT2D eigenvalue weighted by atomic mass is 32.2. The summed E-state index contributed by atoms with van der Waals surface area (Å²) >= 11 is 2.01. The first-order valence-corrected chi connectivity index (χ1v) is 7.85. The second-order valence-electron chi connectivity index (χ2n) is 4.47. The van der Waals surface area contributed by atoms with Gasteiger partial charge in [-0.05, 0) is 30.3 Å². The van der Waals surface area contributed by atoms with Crippen LogP contribution in [0.2, 0.25) is 0 Å². The number of aromatic nitrogens is 3. The van der Waals surface area contributed by atoms with Crippen LogP contribution in [0.3, 0.4) is 0 Å². The fourth-order valence-electron chi connectivity index (χ4n) is 1.79. The molecule has 0 aromatic carbocycles. The molecule has 2 N–H and O–H groups in total. The molecule has 6 nitrogen and oxygen atoms in total. The summed E-state index contributed by atoms with van der Waals surface area (Å²) < 4.78 is 5.46. The maximum absolute atomic E-state index is 5.46. The van der Waals surface area contributed by atoms with Gasteiger partial charge in [-0.3, -0.25) is 0 Å². The molecule has 106 valence electrons. The zero-order valence-corrected chi connectivity index (χ0v) is 12.3. The molecular weight excluding hydrogens is 262 g/mol. The summed E-state index contributed by atoms with van der Waals surface area (Å²) in [6.07, 6.45) is 2.20. The van der Waals surface area contributed by atoms with Crippen LogP contribution in [0.1, 0.15) is 19.8 Å². The lowest BCUT2D eigenvalue weighted by molar-refractivity contribution is 0.292. The van der Waals surface area contributed by atoms with E-state index in [1.54, 1.807) is 7.05 Å². The molecule has 1 fully saturated rings. The van der Waals surface area contributed by atoms with Crippen LogP contribution in [0.25, 0.3) is 0 Å². The third-order valence-electron chi connectivity index (χ3n) is 2.85. The van der Waals surface area contributed by atoms with Gasteiger partial charge in [-0.25, -0.2) is 0 Å². The zero-order valence-electron chi connectivity index (χ0n) is 11.5. The Morgan fingerprint density at radius 1 is 1.32 bits per heavy atom. The molecular formula is C12H21N5OS. The van der Waals surface area contributed by atoms with Gasteiger partial charge in [-0.2, -0.15) is 26.7 Å². The summed E-state index contributed by atoms with van der Waals surface area (Å²) in [5.74, 6) is 4.30. The van der Waals surface area contributed by atoms with E-state index in [1.165, 1.54) is 17.9 Å². The quantitative estimate of drug-likeness (QED) is 0.791. The molecule has 0 saturated carbocycles. The summed E-state index contributed by atoms with van der Waals surface area (Å²) in [5.41, 5.74) is 0. The number of nitrogens with zero attached hydrogens (tertiary/aromatic N) is 3. The van der Waals surface area contributed by atoms with Crippen molar-refractivity contribution < 1.29 is 4.74 Å². The van der Waals surface area contributed by atoms with E-state index in [4.69, 9.17) is 4.74 Å². The fraction of sp³-hybridized carbons (Fsp3) is 0.750. The minimum Gasteiger partial charge on any atom is -0.463 e. The second-order valence-corrected chi connectivity index (χ2v) is 5.62. The Labute approximate surface area is 118 Å². The average Bonchev–Trinajstić information content (AvgIpc) is 2.96. The minimum absolute atomic E-state index is 0.379. The van der Waals surface area contributed by atoms with Gasteiger partial charge in [0.25, 0.3) is 0 Å². The monoisotopic (exact) mass is 283 g/mol. The largest absolute Gasteiger partial charge is 0.463 e. The molecule has 0 bridgehead atoms. The van der Waals surface area contributed by atoms with E-state index in [9.17, 15) is 0 Å². The Morgan fingerprint density at radius 3 is 2.84 bits per heavy atom. The van der Waals surface area contributed by atoms with Crippen LogP contribution in [0.5, 0.6) is 6.01 Å². The summed E-state index contributed by atoms with van der Waals surface area (Å²) in [4.78, 5) is 12.7. The topological polar surface area (TPSA) is 72.0 Å². The van der Waals surface area contributed by atoms with Crippen molar-refractivity contribution in [3.8, 4) is 6.01 Å². The lowest BCUT2D eigenvalue weighted by atomic mass is 10.1. The predicted molar refractivity (Wildman–Crippen MR) is 79.1 cm³/mol. The zero-order chi connectivity index (χ0) is 13.5. The molecule has 1 atom stereocenters. The first kappa shape index (κ1) is 14.2. The molecule has 2 rings (SSSR count). The van der Waals surface area contributed by atoms with Crippen LogP contribution >= 0.6 is 11.8 Å². The number of nitrogens with one attached hydrogen (secondary N) is 2. The van der Waals surface area contributed by atoms with E-state index >= 15 is 0 Å². The van der Waals surface area contributed by atoms with Crippen LogP contribution in [0, 0.1) is 5.92 Å². The molecule has 1 aliphatic rings. The van der Waals surface area contributed by atoms with Gasteiger partial charge < -0.3 is 15.4 Å². The molecule has 0 spiro atoms. The summed E-state index contributed by atoms with van der Waals surface area (Å²) in [7, 11) is 1.79. The van der Waals surface area contributed by atoms with Crippen molar-refractivity contribution >= 4 is 23.7 Å². The summed E-state index contributed by atoms with van der Waals surface area (Å²) in [5, 5.41) is 6.21. The van der Waals surface area contributed by atoms with Crippen molar-refractivity contribution in [1.82, 2.24) is 15.0 Å². The van der Waals surface area contributed by atoms with Crippen molar-refractivity contribution in [2.24, 2.45) is 5.92 Å². The number of ether oxygens (including phenoxy) is 1. The average molecular weight is 283 g/mol. The molecule has 19 heavy (non-hydrogen) atoms. The van der Waals surface area contributed by atoms with E-state index < -0.39 is 0 Å².